The van der Waals surface area contributed by atoms with Crippen LogP contribution >= 0.6 is 0 Å². The van der Waals surface area contributed by atoms with Gasteiger partial charge in [0, 0.05) is 12.7 Å². The molecule has 1 saturated heterocycles. The van der Waals surface area contributed by atoms with E-state index in [1.165, 1.54) is 0 Å². The first kappa shape index (κ1) is 14.0. The maximum absolute atomic E-state index is 11.7. The number of aromatic nitrogens is 1. The zero-order chi connectivity index (χ0) is 13.7. The summed E-state index contributed by atoms with van der Waals surface area (Å²) in [6.45, 7) is 4.76. The smallest absolute Gasteiger partial charge is 0.335 e. The van der Waals surface area contributed by atoms with Crippen molar-refractivity contribution >= 4 is 5.97 Å². The standard InChI is InChI=1S/C13H19NO5/c1-9-6-12(19-14-9)8-18-13(15)10(2)17-7-11-4-3-5-16-11/h6,10-11H,3-5,7-8H2,1-2H3. The van der Waals surface area contributed by atoms with Crippen LogP contribution in [0.2, 0.25) is 0 Å². The molecule has 1 aliphatic rings. The highest BCUT2D eigenvalue weighted by Crippen LogP contribution is 2.13. The molecule has 0 N–H and O–H groups in total. The van der Waals surface area contributed by atoms with Crippen LogP contribution in [-0.4, -0.2) is 36.5 Å². The summed E-state index contributed by atoms with van der Waals surface area (Å²) < 4.78 is 20.9. The van der Waals surface area contributed by atoms with Gasteiger partial charge in [0.15, 0.2) is 18.5 Å². The minimum Gasteiger partial charge on any atom is -0.455 e. The first-order chi connectivity index (χ1) is 9.15. The van der Waals surface area contributed by atoms with Crippen molar-refractivity contribution in [3.63, 3.8) is 0 Å². The second-order valence-corrected chi connectivity index (χ2v) is 4.65. The summed E-state index contributed by atoms with van der Waals surface area (Å²) >= 11 is 0. The largest absolute Gasteiger partial charge is 0.455 e. The predicted octanol–water partition coefficient (Wildman–Crippen LogP) is 1.61. The Labute approximate surface area is 112 Å². The number of hydrogen-bond acceptors (Lipinski definition) is 6. The molecule has 1 fully saturated rings. The summed E-state index contributed by atoms with van der Waals surface area (Å²) in [7, 11) is 0. The van der Waals surface area contributed by atoms with E-state index in [4.69, 9.17) is 18.7 Å². The average Bonchev–Trinajstić information content (AvgIpc) is 3.04. The minimum atomic E-state index is -0.604. The molecule has 0 radical (unpaired) electrons. The molecule has 2 rings (SSSR count). The summed E-state index contributed by atoms with van der Waals surface area (Å²) in [6.07, 6.45) is 1.54. The zero-order valence-corrected chi connectivity index (χ0v) is 11.3. The number of aryl methyl sites for hydroxylation is 1. The third kappa shape index (κ3) is 4.33. The Morgan fingerprint density at radius 2 is 2.47 bits per heavy atom. The van der Waals surface area contributed by atoms with Gasteiger partial charge in [0.1, 0.15) is 0 Å². The normalized spacial score (nSPS) is 20.4. The summed E-state index contributed by atoms with van der Waals surface area (Å²) in [5.41, 5.74) is 0.758. The molecule has 2 atom stereocenters. The predicted molar refractivity (Wildman–Crippen MR) is 65.4 cm³/mol. The van der Waals surface area contributed by atoms with Crippen LogP contribution in [0.3, 0.4) is 0 Å². The van der Waals surface area contributed by atoms with Crippen LogP contribution in [0.5, 0.6) is 0 Å². The van der Waals surface area contributed by atoms with E-state index in [-0.39, 0.29) is 12.7 Å². The number of nitrogens with zero attached hydrogens (tertiary/aromatic N) is 1. The average molecular weight is 269 g/mol. The monoisotopic (exact) mass is 269 g/mol. The van der Waals surface area contributed by atoms with Crippen LogP contribution in [0, 0.1) is 6.92 Å². The molecule has 1 aromatic rings. The van der Waals surface area contributed by atoms with Gasteiger partial charge in [0.2, 0.25) is 0 Å². The Kier molecular flexibility index (Phi) is 4.93. The van der Waals surface area contributed by atoms with Crippen molar-refractivity contribution in [1.29, 1.82) is 0 Å². The van der Waals surface area contributed by atoms with Gasteiger partial charge in [-0.05, 0) is 26.7 Å². The highest BCUT2D eigenvalue weighted by Gasteiger charge is 2.21. The molecule has 0 amide bonds. The number of carbonyl (C=O) groups is 1. The fraction of sp³-hybridized carbons (Fsp3) is 0.692. The van der Waals surface area contributed by atoms with Crippen LogP contribution in [0.4, 0.5) is 0 Å². The molecule has 0 bridgehead atoms. The lowest BCUT2D eigenvalue weighted by Crippen LogP contribution is -2.27. The van der Waals surface area contributed by atoms with Gasteiger partial charge < -0.3 is 18.7 Å². The summed E-state index contributed by atoms with van der Waals surface area (Å²) in [6, 6.07) is 1.73. The lowest BCUT2D eigenvalue weighted by Gasteiger charge is -2.15. The van der Waals surface area contributed by atoms with E-state index < -0.39 is 12.1 Å². The fourth-order valence-corrected chi connectivity index (χ4v) is 1.84. The molecule has 2 unspecified atom stereocenters. The molecule has 0 aromatic carbocycles. The number of rotatable bonds is 6. The van der Waals surface area contributed by atoms with Gasteiger partial charge in [-0.25, -0.2) is 4.79 Å². The van der Waals surface area contributed by atoms with E-state index in [0.29, 0.717) is 12.4 Å². The van der Waals surface area contributed by atoms with Gasteiger partial charge in [0.05, 0.1) is 18.4 Å². The number of ether oxygens (including phenoxy) is 3. The molecule has 1 aromatic heterocycles. The minimum absolute atomic E-state index is 0.0767. The lowest BCUT2D eigenvalue weighted by atomic mass is 10.2. The molecule has 2 heterocycles. The summed E-state index contributed by atoms with van der Waals surface area (Å²) in [5.74, 6) is 0.115. The number of carbonyl (C=O) groups excluding carboxylic acids is 1. The van der Waals surface area contributed by atoms with Crippen LogP contribution in [0.1, 0.15) is 31.2 Å². The van der Waals surface area contributed by atoms with Gasteiger partial charge in [-0.3, -0.25) is 0 Å². The van der Waals surface area contributed by atoms with Gasteiger partial charge in [-0.1, -0.05) is 5.16 Å². The van der Waals surface area contributed by atoms with Crippen LogP contribution in [0.15, 0.2) is 10.6 Å². The molecule has 6 nitrogen and oxygen atoms in total. The van der Waals surface area contributed by atoms with Crippen LogP contribution in [-0.2, 0) is 25.6 Å². The van der Waals surface area contributed by atoms with Crippen molar-refractivity contribution in [3.05, 3.63) is 17.5 Å². The number of hydrogen-bond donors (Lipinski definition) is 0. The highest BCUT2D eigenvalue weighted by atomic mass is 16.6. The van der Waals surface area contributed by atoms with Crippen molar-refractivity contribution in [1.82, 2.24) is 5.16 Å². The third-order valence-electron chi connectivity index (χ3n) is 2.92. The maximum atomic E-state index is 11.7. The van der Waals surface area contributed by atoms with Gasteiger partial charge >= 0.3 is 5.97 Å². The summed E-state index contributed by atoms with van der Waals surface area (Å²) in [4.78, 5) is 11.7. The summed E-state index contributed by atoms with van der Waals surface area (Å²) in [5, 5.41) is 3.71. The topological polar surface area (TPSA) is 70.8 Å². The first-order valence-electron chi connectivity index (χ1n) is 6.47. The fourth-order valence-electron chi connectivity index (χ4n) is 1.84. The number of esters is 1. The molecule has 0 spiro atoms. The van der Waals surface area contributed by atoms with Crippen LogP contribution in [0.25, 0.3) is 0 Å². The highest BCUT2D eigenvalue weighted by molar-refractivity contribution is 5.74. The van der Waals surface area contributed by atoms with Crippen molar-refractivity contribution in [2.75, 3.05) is 13.2 Å². The lowest BCUT2D eigenvalue weighted by molar-refractivity contribution is -0.159. The van der Waals surface area contributed by atoms with Crippen molar-refractivity contribution < 1.29 is 23.5 Å². The Hall–Kier alpha value is -1.40. The van der Waals surface area contributed by atoms with E-state index in [2.05, 4.69) is 5.16 Å². The molecule has 106 valence electrons. The van der Waals surface area contributed by atoms with Crippen LogP contribution < -0.4 is 0 Å². The molecule has 1 aliphatic heterocycles. The Bertz CT molecular complexity index is 411. The Morgan fingerprint density at radius 3 is 3.11 bits per heavy atom. The zero-order valence-electron chi connectivity index (χ0n) is 11.3. The molecule has 0 saturated carbocycles. The van der Waals surface area contributed by atoms with E-state index in [1.54, 1.807) is 13.0 Å². The van der Waals surface area contributed by atoms with Gasteiger partial charge in [-0.2, -0.15) is 0 Å². The Balaban J connectivity index is 1.66. The van der Waals surface area contributed by atoms with Crippen molar-refractivity contribution in [3.8, 4) is 0 Å². The Morgan fingerprint density at radius 1 is 1.63 bits per heavy atom. The van der Waals surface area contributed by atoms with Crippen molar-refractivity contribution in [2.24, 2.45) is 0 Å². The van der Waals surface area contributed by atoms with E-state index in [0.717, 1.165) is 25.1 Å². The SMILES string of the molecule is Cc1cc(COC(=O)C(C)OCC2CCCO2)on1. The first-order valence-corrected chi connectivity index (χ1v) is 6.47. The van der Waals surface area contributed by atoms with Crippen molar-refractivity contribution in [2.45, 2.75) is 45.5 Å². The molecule has 19 heavy (non-hydrogen) atoms. The second kappa shape index (κ2) is 6.68. The molecular weight excluding hydrogens is 250 g/mol. The quantitative estimate of drug-likeness (QED) is 0.731. The van der Waals surface area contributed by atoms with E-state index in [1.807, 2.05) is 6.92 Å². The van der Waals surface area contributed by atoms with Gasteiger partial charge in [0.25, 0.3) is 0 Å². The van der Waals surface area contributed by atoms with Gasteiger partial charge in [-0.15, -0.1) is 0 Å². The molecule has 6 heteroatoms. The third-order valence-corrected chi connectivity index (χ3v) is 2.92. The second-order valence-electron chi connectivity index (χ2n) is 4.65. The van der Waals surface area contributed by atoms with E-state index in [9.17, 15) is 4.79 Å². The van der Waals surface area contributed by atoms with E-state index >= 15 is 0 Å². The molecular formula is C13H19NO5. The molecule has 0 aliphatic carbocycles. The maximum Gasteiger partial charge on any atom is 0.335 e.